The van der Waals surface area contributed by atoms with Crippen molar-refractivity contribution >= 4 is 6.29 Å². The highest BCUT2D eigenvalue weighted by molar-refractivity contribution is 5.85. The molecule has 70 valence electrons. The van der Waals surface area contributed by atoms with Gasteiger partial charge in [-0.25, -0.2) is 0 Å². The first kappa shape index (κ1) is 9.38. The summed E-state index contributed by atoms with van der Waals surface area (Å²) in [5.74, 6) is 0.435. The van der Waals surface area contributed by atoms with Crippen molar-refractivity contribution in [3.8, 4) is 17.2 Å². The van der Waals surface area contributed by atoms with Crippen LogP contribution in [0.15, 0.2) is 12.1 Å². The second-order valence-electron chi connectivity index (χ2n) is 2.35. The van der Waals surface area contributed by atoms with Crippen LogP contribution in [0.3, 0.4) is 0 Å². The summed E-state index contributed by atoms with van der Waals surface area (Å²) in [7, 11) is 2.82. The molecule has 1 aromatic rings. The van der Waals surface area contributed by atoms with Gasteiger partial charge in [0.15, 0.2) is 17.8 Å². The molecule has 0 bridgehead atoms. The Morgan fingerprint density at radius 1 is 1.31 bits per heavy atom. The molecule has 0 aliphatic carbocycles. The van der Waals surface area contributed by atoms with Crippen LogP contribution in [-0.4, -0.2) is 25.6 Å². The number of rotatable bonds is 3. The zero-order valence-corrected chi connectivity index (χ0v) is 7.40. The van der Waals surface area contributed by atoms with Gasteiger partial charge in [-0.3, -0.25) is 4.79 Å². The largest absolute Gasteiger partial charge is 0.504 e. The summed E-state index contributed by atoms with van der Waals surface area (Å²) < 4.78 is 9.76. The number of aromatic hydroxyl groups is 1. The number of hydrogen-bond acceptors (Lipinski definition) is 4. The predicted octanol–water partition coefficient (Wildman–Crippen LogP) is 1.22. The molecule has 0 saturated carbocycles. The summed E-state index contributed by atoms with van der Waals surface area (Å²) >= 11 is 0. The lowest BCUT2D eigenvalue weighted by molar-refractivity contribution is 0.111. The molecule has 0 aliphatic rings. The molecule has 0 amide bonds. The van der Waals surface area contributed by atoms with Crippen molar-refractivity contribution < 1.29 is 19.4 Å². The molecule has 4 nitrogen and oxygen atoms in total. The maximum absolute atomic E-state index is 10.6. The molecule has 13 heavy (non-hydrogen) atoms. The van der Waals surface area contributed by atoms with Crippen molar-refractivity contribution in [3.05, 3.63) is 17.7 Å². The van der Waals surface area contributed by atoms with E-state index in [1.54, 1.807) is 0 Å². The van der Waals surface area contributed by atoms with Crippen LogP contribution in [0.5, 0.6) is 17.2 Å². The highest BCUT2D eigenvalue weighted by Gasteiger charge is 2.12. The standard InChI is InChI=1S/C9H10O4/c1-12-8-4-3-7(11)9(13-2)6(8)5-10/h3-5,11H,1-2H3. The van der Waals surface area contributed by atoms with E-state index in [9.17, 15) is 9.90 Å². The van der Waals surface area contributed by atoms with E-state index in [0.29, 0.717) is 12.0 Å². The number of phenols is 1. The molecule has 0 unspecified atom stereocenters. The Morgan fingerprint density at radius 2 is 2.00 bits per heavy atom. The summed E-state index contributed by atoms with van der Waals surface area (Å²) in [6.45, 7) is 0. The lowest BCUT2D eigenvalue weighted by Crippen LogP contribution is -1.95. The Bertz CT molecular complexity index is 320. The van der Waals surface area contributed by atoms with Gasteiger partial charge in [-0.15, -0.1) is 0 Å². The molecular formula is C9H10O4. The minimum atomic E-state index is -0.0783. The highest BCUT2D eigenvalue weighted by Crippen LogP contribution is 2.34. The summed E-state index contributed by atoms with van der Waals surface area (Å²) in [6, 6.07) is 2.91. The van der Waals surface area contributed by atoms with Gasteiger partial charge in [0.1, 0.15) is 11.3 Å². The van der Waals surface area contributed by atoms with Gasteiger partial charge in [-0.1, -0.05) is 0 Å². The molecule has 0 heterocycles. The fraction of sp³-hybridized carbons (Fsp3) is 0.222. The van der Waals surface area contributed by atoms with Gasteiger partial charge in [0.05, 0.1) is 14.2 Å². The number of ether oxygens (including phenoxy) is 2. The summed E-state index contributed by atoms with van der Waals surface area (Å²) in [6.07, 6.45) is 0.581. The SMILES string of the molecule is COc1ccc(O)c(OC)c1C=O. The third-order valence-corrected chi connectivity index (χ3v) is 1.68. The van der Waals surface area contributed by atoms with Gasteiger partial charge >= 0.3 is 0 Å². The molecule has 1 aromatic carbocycles. The molecular weight excluding hydrogens is 172 g/mol. The molecule has 0 atom stereocenters. The first-order valence-corrected chi connectivity index (χ1v) is 3.63. The average Bonchev–Trinajstić information content (AvgIpc) is 2.17. The molecule has 0 saturated heterocycles. The first-order valence-electron chi connectivity index (χ1n) is 3.63. The second kappa shape index (κ2) is 3.80. The van der Waals surface area contributed by atoms with Crippen molar-refractivity contribution in [3.63, 3.8) is 0 Å². The number of aldehydes is 1. The van der Waals surface area contributed by atoms with Gasteiger partial charge < -0.3 is 14.6 Å². The Balaban J connectivity index is 3.36. The van der Waals surface area contributed by atoms with Crippen molar-refractivity contribution in [2.24, 2.45) is 0 Å². The predicted molar refractivity (Wildman–Crippen MR) is 46.6 cm³/mol. The van der Waals surface area contributed by atoms with Crippen LogP contribution in [0.1, 0.15) is 10.4 Å². The van der Waals surface area contributed by atoms with Crippen LogP contribution < -0.4 is 9.47 Å². The van der Waals surface area contributed by atoms with Gasteiger partial charge in [0.2, 0.25) is 0 Å². The van der Waals surface area contributed by atoms with Gasteiger partial charge in [0.25, 0.3) is 0 Å². The third kappa shape index (κ3) is 1.56. The van der Waals surface area contributed by atoms with E-state index in [4.69, 9.17) is 9.47 Å². The minimum Gasteiger partial charge on any atom is -0.504 e. The van der Waals surface area contributed by atoms with E-state index in [0.717, 1.165) is 0 Å². The first-order chi connectivity index (χ1) is 6.24. The summed E-state index contributed by atoms with van der Waals surface area (Å²) in [5, 5.41) is 9.30. The van der Waals surface area contributed by atoms with Crippen LogP contribution in [0.4, 0.5) is 0 Å². The minimum absolute atomic E-state index is 0.0783. The van der Waals surface area contributed by atoms with Crippen molar-refractivity contribution in [2.75, 3.05) is 14.2 Å². The molecule has 1 N–H and O–H groups in total. The maximum Gasteiger partial charge on any atom is 0.174 e. The lowest BCUT2D eigenvalue weighted by Gasteiger charge is -2.09. The normalized spacial score (nSPS) is 9.38. The Hall–Kier alpha value is -1.71. The smallest absolute Gasteiger partial charge is 0.174 e. The van der Waals surface area contributed by atoms with Gasteiger partial charge in [-0.05, 0) is 12.1 Å². The molecule has 1 rings (SSSR count). The van der Waals surface area contributed by atoms with Crippen molar-refractivity contribution in [2.45, 2.75) is 0 Å². The number of hydrogen-bond donors (Lipinski definition) is 1. The number of methoxy groups -OCH3 is 2. The van der Waals surface area contributed by atoms with Gasteiger partial charge in [0, 0.05) is 0 Å². The summed E-state index contributed by atoms with van der Waals surface area (Å²) in [5.41, 5.74) is 0.213. The second-order valence-corrected chi connectivity index (χ2v) is 2.35. The monoisotopic (exact) mass is 182 g/mol. The third-order valence-electron chi connectivity index (χ3n) is 1.68. The fourth-order valence-electron chi connectivity index (χ4n) is 1.07. The van der Waals surface area contributed by atoms with Crippen LogP contribution in [0, 0.1) is 0 Å². The van der Waals surface area contributed by atoms with Crippen LogP contribution in [-0.2, 0) is 0 Å². The highest BCUT2D eigenvalue weighted by atomic mass is 16.5. The van der Waals surface area contributed by atoms with E-state index in [1.165, 1.54) is 26.4 Å². The number of benzene rings is 1. The Kier molecular flexibility index (Phi) is 2.74. The zero-order chi connectivity index (χ0) is 9.84. The molecule has 0 fully saturated rings. The Labute approximate surface area is 75.7 Å². The van der Waals surface area contributed by atoms with Crippen LogP contribution in [0.2, 0.25) is 0 Å². The maximum atomic E-state index is 10.6. The van der Waals surface area contributed by atoms with Crippen LogP contribution in [0.25, 0.3) is 0 Å². The van der Waals surface area contributed by atoms with E-state index in [2.05, 4.69) is 0 Å². The quantitative estimate of drug-likeness (QED) is 0.714. The summed E-state index contributed by atoms with van der Waals surface area (Å²) in [4.78, 5) is 10.6. The molecule has 4 heteroatoms. The molecule has 0 radical (unpaired) electrons. The number of carbonyl (C=O) groups excluding carboxylic acids is 1. The Morgan fingerprint density at radius 3 is 2.46 bits per heavy atom. The van der Waals surface area contributed by atoms with E-state index >= 15 is 0 Å². The molecule has 0 spiro atoms. The number of carbonyl (C=O) groups is 1. The average molecular weight is 182 g/mol. The van der Waals surface area contributed by atoms with Crippen molar-refractivity contribution in [1.82, 2.24) is 0 Å². The van der Waals surface area contributed by atoms with Gasteiger partial charge in [-0.2, -0.15) is 0 Å². The number of phenolic OH excluding ortho intramolecular Hbond substituents is 1. The lowest BCUT2D eigenvalue weighted by atomic mass is 10.2. The topological polar surface area (TPSA) is 55.8 Å². The fourth-order valence-corrected chi connectivity index (χ4v) is 1.07. The van der Waals surface area contributed by atoms with Crippen LogP contribution >= 0.6 is 0 Å². The van der Waals surface area contributed by atoms with Crippen molar-refractivity contribution in [1.29, 1.82) is 0 Å². The van der Waals surface area contributed by atoms with E-state index < -0.39 is 0 Å². The zero-order valence-electron chi connectivity index (χ0n) is 7.40. The van der Waals surface area contributed by atoms with E-state index in [-0.39, 0.29) is 17.1 Å². The molecule has 0 aromatic heterocycles. The molecule has 0 aliphatic heterocycles. The van der Waals surface area contributed by atoms with E-state index in [1.807, 2.05) is 0 Å².